The van der Waals surface area contributed by atoms with Crippen LogP contribution in [0, 0.1) is 41.5 Å². The molecule has 0 amide bonds. The smallest absolute Gasteiger partial charge is 0.338 e. The molecule has 10 nitrogen and oxygen atoms in total. The van der Waals surface area contributed by atoms with E-state index in [4.69, 9.17) is 24.7 Å². The van der Waals surface area contributed by atoms with E-state index < -0.39 is 0 Å². The van der Waals surface area contributed by atoms with Gasteiger partial charge in [-0.1, -0.05) is 137 Å². The highest BCUT2D eigenvalue weighted by Gasteiger charge is 2.13. The van der Waals surface area contributed by atoms with Crippen LogP contribution >= 0.6 is 0 Å². The number of anilines is 4. The van der Waals surface area contributed by atoms with Gasteiger partial charge in [-0.05, 0) is 107 Å². The van der Waals surface area contributed by atoms with Gasteiger partial charge in [-0.3, -0.25) is 0 Å². The second-order valence-electron chi connectivity index (χ2n) is 16.5. The van der Waals surface area contributed by atoms with E-state index in [2.05, 4.69) is 165 Å². The first-order valence-electron chi connectivity index (χ1n) is 22.0. The van der Waals surface area contributed by atoms with Crippen LogP contribution in [0.1, 0.15) is 96.2 Å². The van der Waals surface area contributed by atoms with E-state index in [-0.39, 0.29) is 5.97 Å². The Morgan fingerprint density at radius 2 is 0.831 bits per heavy atom. The van der Waals surface area contributed by atoms with Crippen LogP contribution in [0.15, 0.2) is 140 Å². The fourth-order valence-electron chi connectivity index (χ4n) is 7.49. The van der Waals surface area contributed by atoms with Crippen LogP contribution in [0.5, 0.6) is 0 Å². The summed E-state index contributed by atoms with van der Waals surface area (Å²) in [5.74, 6) is 3.68. The largest absolute Gasteiger partial charge is 0.462 e. The predicted molar refractivity (Wildman–Crippen MR) is 260 cm³/mol. The Morgan fingerprint density at radius 3 is 1.20 bits per heavy atom. The molecule has 6 aromatic carbocycles. The van der Waals surface area contributed by atoms with Crippen LogP contribution in [-0.2, 0) is 30.4 Å². The normalized spacial score (nSPS) is 10.8. The molecule has 328 valence electrons. The molecule has 8 aromatic rings. The van der Waals surface area contributed by atoms with E-state index >= 15 is 0 Å². The van der Waals surface area contributed by atoms with Gasteiger partial charge in [0.25, 0.3) is 0 Å². The highest BCUT2D eigenvalue weighted by Crippen LogP contribution is 2.22. The third kappa shape index (κ3) is 13.7. The summed E-state index contributed by atoms with van der Waals surface area (Å²) in [5.41, 5.74) is 14.3. The first kappa shape index (κ1) is 45.4. The molecule has 0 saturated heterocycles. The molecule has 0 bridgehead atoms. The van der Waals surface area contributed by atoms with Crippen molar-refractivity contribution >= 4 is 29.2 Å². The molecular weight excluding hydrogens is 805 g/mol. The van der Waals surface area contributed by atoms with Crippen molar-refractivity contribution < 1.29 is 9.53 Å². The summed E-state index contributed by atoms with van der Waals surface area (Å²) >= 11 is 0. The van der Waals surface area contributed by atoms with E-state index in [0.717, 1.165) is 34.2 Å². The first-order valence-corrected chi connectivity index (χ1v) is 22.0. The molecule has 0 aliphatic heterocycles. The number of carbonyl (C=O) groups excluding carboxylic acids is 1. The first-order chi connectivity index (χ1) is 31.4. The number of nitrogens with one attached hydrogen (secondary N) is 2. The van der Waals surface area contributed by atoms with E-state index in [1.165, 1.54) is 44.5 Å². The maximum absolute atomic E-state index is 11.9. The van der Waals surface area contributed by atoms with Crippen molar-refractivity contribution in [2.75, 3.05) is 17.2 Å². The van der Waals surface area contributed by atoms with Crippen LogP contribution in [0.4, 0.5) is 23.3 Å². The number of aryl methyl sites for hydroxylation is 6. The molecule has 0 atom stereocenters. The summed E-state index contributed by atoms with van der Waals surface area (Å²) in [6.07, 6.45) is 2.57. The number of aromatic nitrogens is 6. The third-order valence-electron chi connectivity index (χ3n) is 10.5. The van der Waals surface area contributed by atoms with Gasteiger partial charge in [0.15, 0.2) is 0 Å². The molecule has 65 heavy (non-hydrogen) atoms. The van der Waals surface area contributed by atoms with Gasteiger partial charge >= 0.3 is 5.97 Å². The Hall–Kier alpha value is -7.59. The van der Waals surface area contributed by atoms with Crippen molar-refractivity contribution in [2.24, 2.45) is 0 Å². The summed E-state index contributed by atoms with van der Waals surface area (Å²) < 4.78 is 5.06. The topological polar surface area (TPSA) is 128 Å². The molecule has 0 radical (unpaired) electrons. The molecule has 0 saturated carbocycles. The molecule has 0 fully saturated rings. The van der Waals surface area contributed by atoms with Crippen LogP contribution in [0.3, 0.4) is 0 Å². The Kier molecular flexibility index (Phi) is 15.1. The van der Waals surface area contributed by atoms with Crippen molar-refractivity contribution in [3.63, 3.8) is 0 Å². The van der Waals surface area contributed by atoms with Gasteiger partial charge in [-0.2, -0.15) is 19.9 Å². The second-order valence-corrected chi connectivity index (χ2v) is 16.5. The minimum atomic E-state index is -0.338. The van der Waals surface area contributed by atoms with Gasteiger partial charge in [0, 0.05) is 37.1 Å². The SMILES string of the molecule is CCOC(=O)c1ccc(Nc2nc(Cc3cccc(C)c3)nc(Cc3cccc(C)c3)n2)cc1.Cc1cccc(Cc2nc(Cc3cccc(C)c3)nc(Nc3ccc(C)cc3C)n2)c1. The summed E-state index contributed by atoms with van der Waals surface area (Å²) in [5, 5.41) is 6.68. The Balaban J connectivity index is 0.000000195. The number of hydrogen-bond donors (Lipinski definition) is 2. The lowest BCUT2D eigenvalue weighted by Crippen LogP contribution is -2.09. The monoisotopic (exact) mass is 860 g/mol. The third-order valence-corrected chi connectivity index (χ3v) is 10.5. The molecule has 8 rings (SSSR count). The number of benzene rings is 6. The Labute approximate surface area is 382 Å². The van der Waals surface area contributed by atoms with Gasteiger partial charge in [0.1, 0.15) is 23.3 Å². The highest BCUT2D eigenvalue weighted by atomic mass is 16.5. The lowest BCUT2D eigenvalue weighted by Gasteiger charge is -2.12. The number of hydrogen-bond acceptors (Lipinski definition) is 10. The minimum Gasteiger partial charge on any atom is -0.462 e. The summed E-state index contributed by atoms with van der Waals surface area (Å²) in [4.78, 5) is 40.3. The van der Waals surface area contributed by atoms with Gasteiger partial charge in [-0.25, -0.2) is 14.8 Å². The van der Waals surface area contributed by atoms with Crippen molar-refractivity contribution in [2.45, 2.75) is 74.1 Å². The van der Waals surface area contributed by atoms with Crippen molar-refractivity contribution in [3.05, 3.63) is 224 Å². The summed E-state index contributed by atoms with van der Waals surface area (Å²) in [7, 11) is 0. The molecule has 0 aliphatic rings. The molecule has 0 aliphatic carbocycles. The van der Waals surface area contributed by atoms with E-state index in [0.29, 0.717) is 61.4 Å². The number of carbonyl (C=O) groups is 1. The fraction of sp³-hybridized carbons (Fsp3) is 0.218. The van der Waals surface area contributed by atoms with Gasteiger partial charge < -0.3 is 15.4 Å². The van der Waals surface area contributed by atoms with E-state index in [1.807, 2.05) is 24.3 Å². The Bertz CT molecular complexity index is 2760. The van der Waals surface area contributed by atoms with Crippen molar-refractivity contribution in [1.82, 2.24) is 29.9 Å². The van der Waals surface area contributed by atoms with E-state index in [1.54, 1.807) is 19.1 Å². The lowest BCUT2D eigenvalue weighted by atomic mass is 10.1. The fourth-order valence-corrected chi connectivity index (χ4v) is 7.49. The zero-order valence-electron chi connectivity index (χ0n) is 38.3. The Morgan fingerprint density at radius 1 is 0.446 bits per heavy atom. The average Bonchev–Trinajstić information content (AvgIpc) is 3.25. The van der Waals surface area contributed by atoms with E-state index in [9.17, 15) is 4.79 Å². The maximum Gasteiger partial charge on any atom is 0.338 e. The quantitative estimate of drug-likeness (QED) is 0.102. The second kappa shape index (κ2) is 21.7. The standard InChI is InChI=1S/C28H28N4O2.C27H28N4/c1-4-34-27(33)23-11-13-24(14-12-23)29-28-31-25(17-21-9-5-7-19(2)15-21)30-26(32-28)18-22-10-6-8-20(3)16-22;1-18-7-5-9-22(14-18)16-25-29-26(17-23-10-6-8-19(2)15-23)31-27(30-25)28-24-12-11-20(3)13-21(24)4/h5-16H,4,17-18H2,1-3H3,(H,29,30,31,32);5-15H,16-17H2,1-4H3,(H,28,29,30,31). The molecule has 10 heteroatoms. The van der Waals surface area contributed by atoms with Gasteiger partial charge in [0.05, 0.1) is 12.2 Å². The molecule has 0 unspecified atom stereocenters. The summed E-state index contributed by atoms with van der Waals surface area (Å²) in [6, 6.07) is 47.1. The number of rotatable bonds is 14. The maximum atomic E-state index is 11.9. The van der Waals surface area contributed by atoms with Gasteiger partial charge in [0.2, 0.25) is 11.9 Å². The van der Waals surface area contributed by atoms with Crippen LogP contribution in [-0.4, -0.2) is 42.5 Å². The average molecular weight is 861 g/mol. The number of ether oxygens (including phenoxy) is 1. The molecule has 2 aromatic heterocycles. The number of esters is 1. The predicted octanol–water partition coefficient (Wildman–Crippen LogP) is 11.6. The molecular formula is C55H56N8O2. The number of nitrogens with zero attached hydrogens (tertiary/aromatic N) is 6. The molecule has 2 N–H and O–H groups in total. The summed E-state index contributed by atoms with van der Waals surface area (Å²) in [6.45, 7) is 14.7. The zero-order chi connectivity index (χ0) is 45.7. The molecule has 0 spiro atoms. The molecule has 2 heterocycles. The van der Waals surface area contributed by atoms with Gasteiger partial charge in [-0.15, -0.1) is 0 Å². The zero-order valence-corrected chi connectivity index (χ0v) is 38.3. The highest BCUT2D eigenvalue weighted by molar-refractivity contribution is 5.89. The van der Waals surface area contributed by atoms with Crippen molar-refractivity contribution in [1.29, 1.82) is 0 Å². The van der Waals surface area contributed by atoms with Crippen LogP contribution < -0.4 is 10.6 Å². The lowest BCUT2D eigenvalue weighted by molar-refractivity contribution is 0.0526. The minimum absolute atomic E-state index is 0.338. The van der Waals surface area contributed by atoms with Crippen LogP contribution in [0.25, 0.3) is 0 Å². The van der Waals surface area contributed by atoms with Crippen molar-refractivity contribution in [3.8, 4) is 0 Å². The van der Waals surface area contributed by atoms with Crippen LogP contribution in [0.2, 0.25) is 0 Å².